The smallest absolute Gasteiger partial charge is 0.224 e. The summed E-state index contributed by atoms with van der Waals surface area (Å²) < 4.78 is 2.72. The van der Waals surface area contributed by atoms with Gasteiger partial charge in [0.25, 0.3) is 0 Å². The van der Waals surface area contributed by atoms with E-state index in [9.17, 15) is 4.79 Å². The molecule has 23 heavy (non-hydrogen) atoms. The molecule has 0 spiro atoms. The molecule has 2 heterocycles. The number of hydrogen-bond acceptors (Lipinski definition) is 3. The number of nitrogens with zero attached hydrogens (tertiary/aromatic N) is 4. The second-order valence-corrected chi connectivity index (χ2v) is 6.87. The topological polar surface area (TPSA) is 41.4 Å². The predicted octanol–water partition coefficient (Wildman–Crippen LogP) is 3.04. The highest BCUT2D eigenvalue weighted by molar-refractivity contribution is 9.10. The van der Waals surface area contributed by atoms with Gasteiger partial charge in [-0.25, -0.2) is 0 Å². The molecule has 122 valence electrons. The lowest BCUT2D eigenvalue weighted by Crippen LogP contribution is -2.48. The van der Waals surface area contributed by atoms with Crippen LogP contribution in [-0.2, 0) is 11.3 Å². The van der Waals surface area contributed by atoms with Crippen LogP contribution >= 0.6 is 27.5 Å². The Morgan fingerprint density at radius 2 is 1.87 bits per heavy atom. The quantitative estimate of drug-likeness (QED) is 0.796. The zero-order chi connectivity index (χ0) is 16.2. The van der Waals surface area contributed by atoms with Gasteiger partial charge >= 0.3 is 0 Å². The van der Waals surface area contributed by atoms with Crippen molar-refractivity contribution in [3.8, 4) is 0 Å². The van der Waals surface area contributed by atoms with Crippen LogP contribution in [0.15, 0.2) is 41.1 Å². The molecule has 5 nitrogen and oxygen atoms in total. The third-order valence-corrected chi connectivity index (χ3v) is 4.64. The molecule has 3 rings (SSSR count). The number of amides is 1. The van der Waals surface area contributed by atoms with E-state index in [0.717, 1.165) is 41.4 Å². The minimum atomic E-state index is 0.187. The van der Waals surface area contributed by atoms with Crippen molar-refractivity contribution in [2.24, 2.45) is 0 Å². The number of aryl methyl sites for hydroxylation is 1. The average Bonchev–Trinajstić information content (AvgIpc) is 2.99. The second-order valence-electron chi connectivity index (χ2n) is 5.52. The van der Waals surface area contributed by atoms with E-state index >= 15 is 0 Å². The molecule has 0 aliphatic carbocycles. The first-order valence-corrected chi connectivity index (χ1v) is 8.75. The van der Waals surface area contributed by atoms with Crippen LogP contribution in [0.5, 0.6) is 0 Å². The van der Waals surface area contributed by atoms with Crippen molar-refractivity contribution in [2.75, 3.05) is 31.1 Å². The highest BCUT2D eigenvalue weighted by Gasteiger charge is 2.21. The fourth-order valence-corrected chi connectivity index (χ4v) is 3.15. The Morgan fingerprint density at radius 3 is 2.48 bits per heavy atom. The number of carbonyl (C=O) groups excluding carboxylic acids is 1. The summed E-state index contributed by atoms with van der Waals surface area (Å²) in [6, 6.07) is 7.85. The van der Waals surface area contributed by atoms with E-state index < -0.39 is 0 Å². The van der Waals surface area contributed by atoms with E-state index in [-0.39, 0.29) is 5.91 Å². The lowest BCUT2D eigenvalue weighted by molar-refractivity contribution is -0.131. The van der Waals surface area contributed by atoms with Gasteiger partial charge in [-0.2, -0.15) is 5.10 Å². The number of benzene rings is 1. The van der Waals surface area contributed by atoms with E-state index in [1.165, 1.54) is 0 Å². The maximum absolute atomic E-state index is 12.3. The normalized spacial score (nSPS) is 15.0. The molecule has 1 aliphatic heterocycles. The van der Waals surface area contributed by atoms with Crippen molar-refractivity contribution in [1.82, 2.24) is 14.7 Å². The minimum absolute atomic E-state index is 0.187. The standard InChI is InChI=1S/C16H18BrClN4O/c17-13-11-19-22(12-13)6-5-16(23)21-9-7-20(8-10-21)15-3-1-14(18)2-4-15/h1-4,11-12H,5-10H2. The summed E-state index contributed by atoms with van der Waals surface area (Å²) in [6.45, 7) is 3.82. The van der Waals surface area contributed by atoms with Gasteiger partial charge in [0.05, 0.1) is 10.7 Å². The molecule has 2 aromatic rings. The Bertz CT molecular complexity index is 665. The van der Waals surface area contributed by atoms with Gasteiger partial charge in [0.2, 0.25) is 5.91 Å². The first kappa shape index (κ1) is 16.3. The summed E-state index contributed by atoms with van der Waals surface area (Å²) in [7, 11) is 0. The average molecular weight is 398 g/mol. The molecule has 0 N–H and O–H groups in total. The maximum Gasteiger partial charge on any atom is 0.224 e. The van der Waals surface area contributed by atoms with Gasteiger partial charge in [-0.15, -0.1) is 0 Å². The fourth-order valence-electron chi connectivity index (χ4n) is 2.69. The van der Waals surface area contributed by atoms with Crippen LogP contribution in [0.4, 0.5) is 5.69 Å². The third-order valence-electron chi connectivity index (χ3n) is 3.98. The molecule has 0 bridgehead atoms. The molecule has 1 fully saturated rings. The number of hydrogen-bond donors (Lipinski definition) is 0. The van der Waals surface area contributed by atoms with Crippen LogP contribution in [0, 0.1) is 0 Å². The number of carbonyl (C=O) groups is 1. The minimum Gasteiger partial charge on any atom is -0.368 e. The number of anilines is 1. The van der Waals surface area contributed by atoms with Gasteiger partial charge in [-0.1, -0.05) is 11.6 Å². The van der Waals surface area contributed by atoms with Gasteiger partial charge in [-0.3, -0.25) is 9.48 Å². The lowest BCUT2D eigenvalue weighted by Gasteiger charge is -2.36. The van der Waals surface area contributed by atoms with Gasteiger partial charge in [0.15, 0.2) is 0 Å². The molecule has 0 unspecified atom stereocenters. The van der Waals surface area contributed by atoms with Crippen molar-refractivity contribution < 1.29 is 4.79 Å². The van der Waals surface area contributed by atoms with E-state index in [4.69, 9.17) is 11.6 Å². The van der Waals surface area contributed by atoms with Gasteiger partial charge in [0.1, 0.15) is 0 Å². The lowest BCUT2D eigenvalue weighted by atomic mass is 10.2. The molecule has 0 atom stereocenters. The van der Waals surface area contributed by atoms with Gasteiger partial charge in [0, 0.05) is 56.1 Å². The molecular formula is C16H18BrClN4O. The van der Waals surface area contributed by atoms with Gasteiger partial charge < -0.3 is 9.80 Å². The van der Waals surface area contributed by atoms with Crippen molar-refractivity contribution in [2.45, 2.75) is 13.0 Å². The van der Waals surface area contributed by atoms with Crippen molar-refractivity contribution in [3.63, 3.8) is 0 Å². The molecule has 1 aliphatic rings. The number of halogens is 2. The van der Waals surface area contributed by atoms with Crippen LogP contribution in [0.1, 0.15) is 6.42 Å². The van der Waals surface area contributed by atoms with Crippen LogP contribution in [0.3, 0.4) is 0 Å². The summed E-state index contributed by atoms with van der Waals surface area (Å²) in [5.74, 6) is 0.187. The molecule has 1 saturated heterocycles. The van der Waals surface area contributed by atoms with E-state index in [2.05, 4.69) is 25.9 Å². The molecule has 1 amide bonds. The van der Waals surface area contributed by atoms with E-state index in [1.807, 2.05) is 35.4 Å². The number of rotatable bonds is 4. The fraction of sp³-hybridized carbons (Fsp3) is 0.375. The van der Waals surface area contributed by atoms with Crippen molar-refractivity contribution in [3.05, 3.63) is 46.2 Å². The van der Waals surface area contributed by atoms with Gasteiger partial charge in [-0.05, 0) is 40.2 Å². The third kappa shape index (κ3) is 4.26. The van der Waals surface area contributed by atoms with E-state index in [1.54, 1.807) is 10.9 Å². The first-order valence-electron chi connectivity index (χ1n) is 7.58. The Kier molecular flexibility index (Phi) is 5.23. The SMILES string of the molecule is O=C(CCn1cc(Br)cn1)N1CCN(c2ccc(Cl)cc2)CC1. The number of aromatic nitrogens is 2. The summed E-state index contributed by atoms with van der Waals surface area (Å²) in [5, 5.41) is 4.92. The van der Waals surface area contributed by atoms with Crippen molar-refractivity contribution >= 4 is 39.1 Å². The molecule has 7 heteroatoms. The molecular weight excluding hydrogens is 380 g/mol. The molecule has 0 saturated carbocycles. The van der Waals surface area contributed by atoms with Crippen LogP contribution in [0.25, 0.3) is 0 Å². The molecule has 1 aromatic carbocycles. The first-order chi connectivity index (χ1) is 11.1. The summed E-state index contributed by atoms with van der Waals surface area (Å²) in [6.07, 6.45) is 4.09. The largest absolute Gasteiger partial charge is 0.368 e. The molecule has 0 radical (unpaired) electrons. The monoisotopic (exact) mass is 396 g/mol. The summed E-state index contributed by atoms with van der Waals surface area (Å²) >= 11 is 9.28. The second kappa shape index (κ2) is 7.36. The Labute approximate surface area is 148 Å². The van der Waals surface area contributed by atoms with E-state index in [0.29, 0.717) is 13.0 Å². The summed E-state index contributed by atoms with van der Waals surface area (Å²) in [5.41, 5.74) is 1.16. The Hall–Kier alpha value is -1.53. The Balaban J connectivity index is 1.48. The highest BCUT2D eigenvalue weighted by Crippen LogP contribution is 2.19. The Morgan fingerprint density at radius 1 is 1.17 bits per heavy atom. The highest BCUT2D eigenvalue weighted by atomic mass is 79.9. The van der Waals surface area contributed by atoms with Crippen LogP contribution in [-0.4, -0.2) is 46.8 Å². The zero-order valence-electron chi connectivity index (χ0n) is 12.7. The zero-order valence-corrected chi connectivity index (χ0v) is 15.0. The maximum atomic E-state index is 12.3. The predicted molar refractivity (Wildman–Crippen MR) is 94.8 cm³/mol. The van der Waals surface area contributed by atoms with Crippen LogP contribution < -0.4 is 4.90 Å². The van der Waals surface area contributed by atoms with Crippen LogP contribution in [0.2, 0.25) is 5.02 Å². The molecule has 1 aromatic heterocycles. The van der Waals surface area contributed by atoms with Crippen molar-refractivity contribution in [1.29, 1.82) is 0 Å². The summed E-state index contributed by atoms with van der Waals surface area (Å²) in [4.78, 5) is 16.5. The number of piperazine rings is 1.